The molecule has 6 heteroatoms. The summed E-state index contributed by atoms with van der Waals surface area (Å²) in [4.78, 5) is 24.5. The van der Waals surface area contributed by atoms with Crippen LogP contribution in [0.3, 0.4) is 0 Å². The summed E-state index contributed by atoms with van der Waals surface area (Å²) in [7, 11) is 1.46. The van der Waals surface area contributed by atoms with E-state index in [1.54, 1.807) is 23.1 Å². The number of anilines is 2. The number of benzene rings is 1. The summed E-state index contributed by atoms with van der Waals surface area (Å²) in [6, 6.07) is 7.04. The number of nitrogens with zero attached hydrogens (tertiary/aromatic N) is 1. The number of nitrogens with one attached hydrogen (secondary N) is 2. The fourth-order valence-corrected chi connectivity index (χ4v) is 1.80. The lowest BCUT2D eigenvalue weighted by Gasteiger charge is -2.15. The lowest BCUT2D eigenvalue weighted by molar-refractivity contribution is -0.119. The molecule has 0 saturated carbocycles. The number of ether oxygens (including phenoxy) is 1. The summed E-state index contributed by atoms with van der Waals surface area (Å²) in [5.41, 5.74) is 1.41. The Morgan fingerprint density at radius 3 is 3.06 bits per heavy atom. The molecule has 1 heterocycles. The van der Waals surface area contributed by atoms with Crippen molar-refractivity contribution in [2.45, 2.75) is 0 Å². The Balaban J connectivity index is 2.10. The molecule has 3 amide bonds. The number of amides is 3. The average molecular weight is 249 g/mol. The lowest BCUT2D eigenvalue weighted by atomic mass is 10.2. The summed E-state index contributed by atoms with van der Waals surface area (Å²) in [5, 5.41) is 5.43. The first-order valence-corrected chi connectivity index (χ1v) is 5.65. The SMILES string of the molecule is COCC(=O)Nc1cccc(N2CCNC2=O)c1. The second kappa shape index (κ2) is 5.50. The molecule has 0 radical (unpaired) electrons. The van der Waals surface area contributed by atoms with E-state index >= 15 is 0 Å². The third kappa shape index (κ3) is 2.78. The summed E-state index contributed by atoms with van der Waals surface area (Å²) in [5.74, 6) is -0.222. The van der Waals surface area contributed by atoms with Crippen LogP contribution in [0, 0.1) is 0 Å². The van der Waals surface area contributed by atoms with E-state index in [1.165, 1.54) is 7.11 Å². The van der Waals surface area contributed by atoms with Gasteiger partial charge < -0.3 is 15.4 Å². The highest BCUT2D eigenvalue weighted by atomic mass is 16.5. The normalized spacial score (nSPS) is 14.5. The molecule has 0 spiro atoms. The number of rotatable bonds is 4. The summed E-state index contributed by atoms with van der Waals surface area (Å²) in [6.45, 7) is 1.28. The summed E-state index contributed by atoms with van der Waals surface area (Å²) in [6.07, 6.45) is 0. The Morgan fingerprint density at radius 1 is 1.56 bits per heavy atom. The molecule has 1 aliphatic rings. The summed E-state index contributed by atoms with van der Waals surface area (Å²) < 4.78 is 4.74. The third-order valence-electron chi connectivity index (χ3n) is 2.57. The quantitative estimate of drug-likeness (QED) is 0.829. The van der Waals surface area contributed by atoms with Gasteiger partial charge in [-0.15, -0.1) is 0 Å². The van der Waals surface area contributed by atoms with Gasteiger partial charge in [0, 0.05) is 31.6 Å². The van der Waals surface area contributed by atoms with Crippen LogP contribution in [0.15, 0.2) is 24.3 Å². The maximum absolute atomic E-state index is 11.5. The molecule has 2 rings (SSSR count). The van der Waals surface area contributed by atoms with Crippen molar-refractivity contribution < 1.29 is 14.3 Å². The first kappa shape index (κ1) is 12.4. The molecular weight excluding hydrogens is 234 g/mol. The van der Waals surface area contributed by atoms with E-state index < -0.39 is 0 Å². The Bertz CT molecular complexity index is 462. The van der Waals surface area contributed by atoms with Crippen molar-refractivity contribution in [3.63, 3.8) is 0 Å². The van der Waals surface area contributed by atoms with Crippen LogP contribution in [0.1, 0.15) is 0 Å². The molecule has 96 valence electrons. The van der Waals surface area contributed by atoms with E-state index in [2.05, 4.69) is 10.6 Å². The van der Waals surface area contributed by atoms with Crippen molar-refractivity contribution >= 4 is 23.3 Å². The van der Waals surface area contributed by atoms with Gasteiger partial charge in [0.1, 0.15) is 6.61 Å². The molecule has 1 aromatic carbocycles. The molecule has 0 aliphatic carbocycles. The zero-order chi connectivity index (χ0) is 13.0. The molecule has 6 nitrogen and oxygen atoms in total. The first-order valence-electron chi connectivity index (χ1n) is 5.65. The van der Waals surface area contributed by atoms with E-state index in [1.807, 2.05) is 6.07 Å². The van der Waals surface area contributed by atoms with Crippen LogP contribution in [-0.4, -0.2) is 38.7 Å². The van der Waals surface area contributed by atoms with Gasteiger partial charge in [0.15, 0.2) is 0 Å². The summed E-state index contributed by atoms with van der Waals surface area (Å²) >= 11 is 0. The lowest BCUT2D eigenvalue weighted by Crippen LogP contribution is -2.27. The van der Waals surface area contributed by atoms with Gasteiger partial charge in [-0.3, -0.25) is 9.69 Å². The van der Waals surface area contributed by atoms with Crippen molar-refractivity contribution in [2.24, 2.45) is 0 Å². The van der Waals surface area contributed by atoms with E-state index in [0.29, 0.717) is 18.8 Å². The van der Waals surface area contributed by atoms with Crippen LogP contribution in [0.4, 0.5) is 16.2 Å². The molecule has 0 aromatic heterocycles. The molecular formula is C12H15N3O3. The Hall–Kier alpha value is -2.08. The monoisotopic (exact) mass is 249 g/mol. The fourth-order valence-electron chi connectivity index (χ4n) is 1.80. The van der Waals surface area contributed by atoms with Crippen molar-refractivity contribution in [3.05, 3.63) is 24.3 Å². The number of hydrogen-bond acceptors (Lipinski definition) is 3. The van der Waals surface area contributed by atoms with Crippen molar-refractivity contribution in [1.29, 1.82) is 0 Å². The van der Waals surface area contributed by atoms with E-state index in [0.717, 1.165) is 5.69 Å². The molecule has 0 bridgehead atoms. The van der Waals surface area contributed by atoms with Crippen molar-refractivity contribution in [1.82, 2.24) is 5.32 Å². The Kier molecular flexibility index (Phi) is 3.78. The molecule has 1 aromatic rings. The molecule has 1 fully saturated rings. The average Bonchev–Trinajstić information content (AvgIpc) is 2.76. The standard InChI is InChI=1S/C12H15N3O3/c1-18-8-11(16)14-9-3-2-4-10(7-9)15-6-5-13-12(15)17/h2-4,7H,5-6,8H2,1H3,(H,13,17)(H,14,16). The van der Waals surface area contributed by atoms with Crippen LogP contribution in [0.5, 0.6) is 0 Å². The number of urea groups is 1. The zero-order valence-corrected chi connectivity index (χ0v) is 10.1. The van der Waals surface area contributed by atoms with Crippen LogP contribution >= 0.6 is 0 Å². The van der Waals surface area contributed by atoms with Crippen LogP contribution in [0.25, 0.3) is 0 Å². The molecule has 0 atom stereocenters. The van der Waals surface area contributed by atoms with Crippen LogP contribution in [0.2, 0.25) is 0 Å². The van der Waals surface area contributed by atoms with E-state index in [-0.39, 0.29) is 18.5 Å². The highest BCUT2D eigenvalue weighted by molar-refractivity contribution is 5.96. The largest absolute Gasteiger partial charge is 0.375 e. The highest BCUT2D eigenvalue weighted by Gasteiger charge is 2.21. The van der Waals surface area contributed by atoms with Gasteiger partial charge in [-0.2, -0.15) is 0 Å². The first-order chi connectivity index (χ1) is 8.70. The Labute approximate surface area is 105 Å². The highest BCUT2D eigenvalue weighted by Crippen LogP contribution is 2.20. The second-order valence-electron chi connectivity index (χ2n) is 3.92. The predicted molar refractivity (Wildman–Crippen MR) is 67.7 cm³/mol. The third-order valence-corrected chi connectivity index (χ3v) is 2.57. The predicted octanol–water partition coefficient (Wildman–Crippen LogP) is 0.801. The number of carbonyl (C=O) groups excluding carboxylic acids is 2. The van der Waals surface area contributed by atoms with E-state index in [4.69, 9.17) is 4.74 Å². The van der Waals surface area contributed by atoms with Crippen molar-refractivity contribution in [3.8, 4) is 0 Å². The fraction of sp³-hybridized carbons (Fsp3) is 0.333. The molecule has 2 N–H and O–H groups in total. The minimum atomic E-state index is -0.222. The minimum absolute atomic E-state index is 0.00836. The van der Waals surface area contributed by atoms with E-state index in [9.17, 15) is 9.59 Å². The number of methoxy groups -OCH3 is 1. The second-order valence-corrected chi connectivity index (χ2v) is 3.92. The maximum atomic E-state index is 11.5. The van der Waals surface area contributed by atoms with Crippen LogP contribution in [-0.2, 0) is 9.53 Å². The van der Waals surface area contributed by atoms with Crippen molar-refractivity contribution in [2.75, 3.05) is 37.0 Å². The molecule has 1 aliphatic heterocycles. The molecule has 18 heavy (non-hydrogen) atoms. The number of hydrogen-bond donors (Lipinski definition) is 2. The van der Waals surface area contributed by atoms with Gasteiger partial charge in [-0.25, -0.2) is 4.79 Å². The maximum Gasteiger partial charge on any atom is 0.321 e. The van der Waals surface area contributed by atoms with Gasteiger partial charge in [0.25, 0.3) is 0 Å². The zero-order valence-electron chi connectivity index (χ0n) is 10.1. The smallest absolute Gasteiger partial charge is 0.321 e. The van der Waals surface area contributed by atoms with Gasteiger partial charge in [-0.05, 0) is 18.2 Å². The minimum Gasteiger partial charge on any atom is -0.375 e. The molecule has 0 unspecified atom stereocenters. The van der Waals surface area contributed by atoms with Crippen LogP contribution < -0.4 is 15.5 Å². The molecule has 1 saturated heterocycles. The Morgan fingerprint density at radius 2 is 2.39 bits per heavy atom. The van der Waals surface area contributed by atoms with Gasteiger partial charge in [0.05, 0.1) is 0 Å². The van der Waals surface area contributed by atoms with Gasteiger partial charge in [0.2, 0.25) is 5.91 Å². The number of carbonyl (C=O) groups is 2. The topological polar surface area (TPSA) is 70.7 Å². The van der Waals surface area contributed by atoms with Gasteiger partial charge >= 0.3 is 6.03 Å². The van der Waals surface area contributed by atoms with Gasteiger partial charge in [-0.1, -0.05) is 6.07 Å².